The first-order valence-electron chi connectivity index (χ1n) is 5.39. The number of carbonyl (C=O) groups excluding carboxylic acids is 1. The zero-order valence-corrected chi connectivity index (χ0v) is 9.65. The minimum atomic E-state index is -4.46. The van der Waals surface area contributed by atoms with Crippen molar-refractivity contribution in [3.63, 3.8) is 0 Å². The van der Waals surface area contributed by atoms with Crippen LogP contribution < -0.4 is 5.32 Å². The van der Waals surface area contributed by atoms with E-state index in [9.17, 15) is 18.0 Å². The summed E-state index contributed by atoms with van der Waals surface area (Å²) in [5, 5.41) is 5.86. The Morgan fingerprint density at radius 2 is 2.21 bits per heavy atom. The van der Waals surface area contributed by atoms with Crippen molar-refractivity contribution < 1.29 is 22.4 Å². The molecule has 0 bridgehead atoms. The second-order valence-corrected chi connectivity index (χ2v) is 3.70. The highest BCUT2D eigenvalue weighted by molar-refractivity contribution is 5.91. The molecule has 0 saturated carbocycles. The molecule has 0 spiro atoms. The van der Waals surface area contributed by atoms with Gasteiger partial charge in [0.2, 0.25) is 0 Å². The summed E-state index contributed by atoms with van der Waals surface area (Å²) in [5.41, 5.74) is -0.954. The lowest BCUT2D eigenvalue weighted by Gasteiger charge is -2.04. The minimum absolute atomic E-state index is 0.141. The fourth-order valence-electron chi connectivity index (χ4n) is 1.42. The second kappa shape index (κ2) is 5.17. The van der Waals surface area contributed by atoms with Gasteiger partial charge in [0.15, 0.2) is 11.5 Å². The number of carbonyl (C=O) groups is 1. The van der Waals surface area contributed by atoms with Crippen molar-refractivity contribution >= 4 is 5.91 Å². The molecule has 2 aromatic rings. The van der Waals surface area contributed by atoms with Crippen LogP contribution in [0.4, 0.5) is 13.2 Å². The highest BCUT2D eigenvalue weighted by atomic mass is 19.4. The molecule has 102 valence electrons. The van der Waals surface area contributed by atoms with Gasteiger partial charge in [0.05, 0.1) is 12.8 Å². The third kappa shape index (κ3) is 3.36. The Hall–Kier alpha value is -2.25. The van der Waals surface area contributed by atoms with E-state index in [1.54, 1.807) is 6.07 Å². The van der Waals surface area contributed by atoms with Gasteiger partial charge in [-0.3, -0.25) is 9.48 Å². The van der Waals surface area contributed by atoms with E-state index in [0.29, 0.717) is 0 Å². The maximum atomic E-state index is 12.3. The van der Waals surface area contributed by atoms with Crippen LogP contribution in [-0.4, -0.2) is 22.2 Å². The van der Waals surface area contributed by atoms with Crippen molar-refractivity contribution in [2.75, 3.05) is 6.54 Å². The molecule has 0 aromatic carbocycles. The maximum absolute atomic E-state index is 12.3. The van der Waals surface area contributed by atoms with Crippen LogP contribution in [0.3, 0.4) is 0 Å². The third-order valence-corrected chi connectivity index (χ3v) is 2.30. The molecule has 0 aliphatic carbocycles. The van der Waals surface area contributed by atoms with E-state index in [2.05, 4.69) is 10.4 Å². The van der Waals surface area contributed by atoms with Crippen molar-refractivity contribution in [2.24, 2.45) is 0 Å². The molecule has 2 rings (SSSR count). The number of nitrogens with zero attached hydrogens (tertiary/aromatic N) is 2. The first-order valence-corrected chi connectivity index (χ1v) is 5.39. The molecule has 2 heterocycles. The largest absolute Gasteiger partial charge is 0.459 e. The quantitative estimate of drug-likeness (QED) is 0.925. The number of rotatable bonds is 4. The average Bonchev–Trinajstić information content (AvgIpc) is 2.99. The molecule has 0 radical (unpaired) electrons. The van der Waals surface area contributed by atoms with Gasteiger partial charge < -0.3 is 9.73 Å². The Morgan fingerprint density at radius 1 is 1.42 bits per heavy atom. The standard InChI is InChI=1S/C11H10F3N3O2/c12-11(13,14)9-3-5-17(16-9)6-4-15-10(18)8-2-1-7-19-8/h1-3,5,7H,4,6H2,(H,15,18). The van der Waals surface area contributed by atoms with Gasteiger partial charge in [-0.2, -0.15) is 18.3 Å². The molecular formula is C11H10F3N3O2. The predicted octanol–water partition coefficient (Wildman–Crippen LogP) is 1.92. The number of hydrogen-bond donors (Lipinski definition) is 1. The average molecular weight is 273 g/mol. The first kappa shape index (κ1) is 13.2. The highest BCUT2D eigenvalue weighted by Crippen LogP contribution is 2.27. The molecule has 0 aliphatic heterocycles. The third-order valence-electron chi connectivity index (χ3n) is 2.30. The number of aromatic nitrogens is 2. The molecule has 2 aromatic heterocycles. The normalized spacial score (nSPS) is 11.5. The SMILES string of the molecule is O=C(NCCn1ccc(C(F)(F)F)n1)c1ccco1. The topological polar surface area (TPSA) is 60.1 Å². The van der Waals surface area contributed by atoms with Gasteiger partial charge in [-0.1, -0.05) is 0 Å². The van der Waals surface area contributed by atoms with Crippen molar-refractivity contribution in [2.45, 2.75) is 12.7 Å². The van der Waals surface area contributed by atoms with Gasteiger partial charge in [-0.05, 0) is 18.2 Å². The van der Waals surface area contributed by atoms with E-state index >= 15 is 0 Å². The van der Waals surface area contributed by atoms with Crippen LogP contribution in [0.25, 0.3) is 0 Å². The molecule has 0 saturated heterocycles. The van der Waals surface area contributed by atoms with E-state index in [4.69, 9.17) is 4.42 Å². The summed E-state index contributed by atoms with van der Waals surface area (Å²) < 4.78 is 42.8. The zero-order chi connectivity index (χ0) is 13.9. The Labute approximate surface area is 106 Å². The van der Waals surface area contributed by atoms with Crippen LogP contribution >= 0.6 is 0 Å². The molecule has 0 atom stereocenters. The van der Waals surface area contributed by atoms with Crippen molar-refractivity contribution in [1.82, 2.24) is 15.1 Å². The number of nitrogens with one attached hydrogen (secondary N) is 1. The summed E-state index contributed by atoms with van der Waals surface area (Å²) in [6, 6.07) is 3.94. The van der Waals surface area contributed by atoms with Crippen LogP contribution in [-0.2, 0) is 12.7 Å². The Morgan fingerprint density at radius 3 is 2.79 bits per heavy atom. The van der Waals surface area contributed by atoms with Crippen molar-refractivity contribution in [1.29, 1.82) is 0 Å². The fraction of sp³-hybridized carbons (Fsp3) is 0.273. The number of hydrogen-bond acceptors (Lipinski definition) is 3. The number of amides is 1. The zero-order valence-electron chi connectivity index (χ0n) is 9.65. The lowest BCUT2D eigenvalue weighted by Crippen LogP contribution is -2.27. The van der Waals surface area contributed by atoms with Crippen molar-refractivity contribution in [3.05, 3.63) is 42.1 Å². The molecule has 0 unspecified atom stereocenters. The van der Waals surface area contributed by atoms with Gasteiger partial charge in [0.1, 0.15) is 0 Å². The maximum Gasteiger partial charge on any atom is 0.435 e. The monoisotopic (exact) mass is 273 g/mol. The molecule has 5 nitrogen and oxygen atoms in total. The first-order chi connectivity index (χ1) is 8.97. The molecular weight excluding hydrogens is 263 g/mol. The van der Waals surface area contributed by atoms with E-state index in [0.717, 1.165) is 10.7 Å². The van der Waals surface area contributed by atoms with Crippen LogP contribution in [0, 0.1) is 0 Å². The molecule has 8 heteroatoms. The highest BCUT2D eigenvalue weighted by Gasteiger charge is 2.33. The lowest BCUT2D eigenvalue weighted by molar-refractivity contribution is -0.141. The predicted molar refractivity (Wildman–Crippen MR) is 58.3 cm³/mol. The summed E-state index contributed by atoms with van der Waals surface area (Å²) in [5.74, 6) is -0.273. The van der Waals surface area contributed by atoms with Crippen LogP contribution in [0.5, 0.6) is 0 Å². The smallest absolute Gasteiger partial charge is 0.435 e. The van der Waals surface area contributed by atoms with Gasteiger partial charge in [0, 0.05) is 12.7 Å². The van der Waals surface area contributed by atoms with E-state index in [-0.39, 0.29) is 18.8 Å². The van der Waals surface area contributed by atoms with E-state index in [1.165, 1.54) is 18.5 Å². The molecule has 1 N–H and O–H groups in total. The second-order valence-electron chi connectivity index (χ2n) is 3.70. The molecule has 19 heavy (non-hydrogen) atoms. The van der Waals surface area contributed by atoms with Crippen LogP contribution in [0.15, 0.2) is 35.1 Å². The Balaban J connectivity index is 1.83. The molecule has 0 fully saturated rings. The van der Waals surface area contributed by atoms with E-state index < -0.39 is 17.8 Å². The summed E-state index contributed by atoms with van der Waals surface area (Å²) >= 11 is 0. The van der Waals surface area contributed by atoms with Gasteiger partial charge >= 0.3 is 6.18 Å². The molecule has 1 amide bonds. The van der Waals surface area contributed by atoms with Gasteiger partial charge in [0.25, 0.3) is 5.91 Å². The fourth-order valence-corrected chi connectivity index (χ4v) is 1.42. The van der Waals surface area contributed by atoms with Crippen LogP contribution in [0.1, 0.15) is 16.2 Å². The van der Waals surface area contributed by atoms with E-state index in [1.807, 2.05) is 0 Å². The van der Waals surface area contributed by atoms with Gasteiger partial charge in [-0.25, -0.2) is 0 Å². The number of alkyl halides is 3. The number of halogens is 3. The summed E-state index contributed by atoms with van der Waals surface area (Å²) in [7, 11) is 0. The Kier molecular flexibility index (Phi) is 3.59. The minimum Gasteiger partial charge on any atom is -0.459 e. The lowest BCUT2D eigenvalue weighted by atomic mass is 10.4. The molecule has 0 aliphatic rings. The van der Waals surface area contributed by atoms with Gasteiger partial charge in [-0.15, -0.1) is 0 Å². The Bertz CT molecular complexity index is 546. The number of furan rings is 1. The summed E-state index contributed by atoms with van der Waals surface area (Å²) in [6.07, 6.45) is -1.89. The van der Waals surface area contributed by atoms with Crippen LogP contribution in [0.2, 0.25) is 0 Å². The summed E-state index contributed by atoms with van der Waals surface area (Å²) in [4.78, 5) is 11.4. The van der Waals surface area contributed by atoms with Crippen molar-refractivity contribution in [3.8, 4) is 0 Å². The summed E-state index contributed by atoms with van der Waals surface area (Å²) in [6.45, 7) is 0.293.